The van der Waals surface area contributed by atoms with Crippen LogP contribution in [0.1, 0.15) is 134 Å². The Morgan fingerprint density at radius 3 is 1.95 bits per heavy atom. The quantitative estimate of drug-likeness (QED) is 0.274. The molecule has 5 heteroatoms. The third kappa shape index (κ3) is 9.76. The molecule has 0 radical (unpaired) electrons. The number of fused-ring (bicyclic) bond motifs is 2. The number of esters is 1. The Balaban J connectivity index is 0.000000301. The molecule has 1 aliphatic carbocycles. The average Bonchev–Trinajstić information content (AvgIpc) is 3.50. The Morgan fingerprint density at radius 2 is 1.41 bits per heavy atom. The Labute approximate surface area is 248 Å². The fraction of sp³-hybridized carbons (Fsp3) is 0.556. The maximum atomic E-state index is 11.5. The fourth-order valence-electron chi connectivity index (χ4n) is 4.84. The van der Waals surface area contributed by atoms with Gasteiger partial charge in [-0.1, -0.05) is 114 Å². The zero-order valence-electron chi connectivity index (χ0n) is 25.5. The van der Waals surface area contributed by atoms with Crippen molar-refractivity contribution in [3.05, 3.63) is 92.4 Å². The molecule has 0 saturated carbocycles. The van der Waals surface area contributed by atoms with E-state index in [1.807, 2.05) is 24.3 Å². The third-order valence-corrected chi connectivity index (χ3v) is 6.97. The number of aryl methyl sites for hydroxylation is 3. The SMILES string of the molecule is C.C.CC(C)(C)C1OC(=O)c2ccccc21.CC(C)(C)c1ccc2c(c1)CCC2.Cc1oc(=O)oc1CC(C)(C)C. The van der Waals surface area contributed by atoms with Gasteiger partial charge >= 0.3 is 11.8 Å². The van der Waals surface area contributed by atoms with Crippen molar-refractivity contribution in [3.63, 3.8) is 0 Å². The van der Waals surface area contributed by atoms with Crippen LogP contribution in [0.3, 0.4) is 0 Å². The highest BCUT2D eigenvalue weighted by molar-refractivity contribution is 5.94. The average molecular weight is 567 g/mol. The molecule has 0 saturated heterocycles. The minimum Gasteiger partial charge on any atom is -0.453 e. The summed E-state index contributed by atoms with van der Waals surface area (Å²) in [5, 5.41) is 0. The summed E-state index contributed by atoms with van der Waals surface area (Å²) >= 11 is 0. The lowest BCUT2D eigenvalue weighted by Crippen LogP contribution is -2.18. The van der Waals surface area contributed by atoms with Gasteiger partial charge in [0.15, 0.2) is 0 Å². The zero-order valence-corrected chi connectivity index (χ0v) is 25.5. The van der Waals surface area contributed by atoms with Gasteiger partial charge in [-0.2, -0.15) is 0 Å². The maximum absolute atomic E-state index is 11.5. The van der Waals surface area contributed by atoms with Gasteiger partial charge in [0, 0.05) is 17.4 Å². The smallest absolute Gasteiger partial charge is 0.453 e. The second-order valence-electron chi connectivity index (χ2n) is 14.0. The van der Waals surface area contributed by atoms with E-state index < -0.39 is 5.82 Å². The first-order chi connectivity index (χ1) is 18.0. The van der Waals surface area contributed by atoms with Crippen LogP contribution in [0.25, 0.3) is 0 Å². The number of carbonyl (C=O) groups is 1. The highest BCUT2D eigenvalue weighted by Gasteiger charge is 2.38. The summed E-state index contributed by atoms with van der Waals surface area (Å²) in [5.74, 6) is 0.453. The third-order valence-electron chi connectivity index (χ3n) is 6.97. The van der Waals surface area contributed by atoms with Crippen molar-refractivity contribution in [2.75, 3.05) is 0 Å². The molecule has 228 valence electrons. The van der Waals surface area contributed by atoms with Crippen LogP contribution in [0.2, 0.25) is 0 Å². The summed E-state index contributed by atoms with van der Waals surface area (Å²) in [6.07, 6.45) is 4.55. The monoisotopic (exact) mass is 566 g/mol. The molecule has 1 unspecified atom stereocenters. The summed E-state index contributed by atoms with van der Waals surface area (Å²) in [4.78, 5) is 22.2. The lowest BCUT2D eigenvalue weighted by Gasteiger charge is -2.25. The predicted molar refractivity (Wildman–Crippen MR) is 170 cm³/mol. The first-order valence-electron chi connectivity index (χ1n) is 14.0. The van der Waals surface area contributed by atoms with Crippen molar-refractivity contribution < 1.29 is 18.4 Å². The molecule has 5 nitrogen and oxygen atoms in total. The molecule has 0 amide bonds. The predicted octanol–water partition coefficient (Wildman–Crippen LogP) is 9.82. The molecule has 0 bridgehead atoms. The van der Waals surface area contributed by atoms with E-state index >= 15 is 0 Å². The number of hydrogen-bond donors (Lipinski definition) is 0. The van der Waals surface area contributed by atoms with Gasteiger partial charge in [0.2, 0.25) is 0 Å². The highest BCUT2D eigenvalue weighted by Crippen LogP contribution is 2.42. The Morgan fingerprint density at radius 1 is 0.805 bits per heavy atom. The number of benzene rings is 2. The van der Waals surface area contributed by atoms with Crippen LogP contribution < -0.4 is 5.82 Å². The minimum absolute atomic E-state index is 0. The second-order valence-corrected chi connectivity index (χ2v) is 14.0. The molecule has 5 rings (SSSR count). The van der Waals surface area contributed by atoms with E-state index in [0.29, 0.717) is 22.5 Å². The first-order valence-corrected chi connectivity index (χ1v) is 14.0. The Bertz CT molecular complexity index is 1340. The van der Waals surface area contributed by atoms with E-state index in [-0.39, 0.29) is 37.8 Å². The lowest BCUT2D eigenvalue weighted by atomic mass is 9.84. The molecule has 1 aliphatic heterocycles. The van der Waals surface area contributed by atoms with Crippen LogP contribution in [0.4, 0.5) is 0 Å². The molecular formula is C36H54O5. The number of cyclic esters (lactones) is 1. The van der Waals surface area contributed by atoms with Gasteiger partial charge in [-0.05, 0) is 59.8 Å². The van der Waals surface area contributed by atoms with Gasteiger partial charge in [-0.25, -0.2) is 9.59 Å². The summed E-state index contributed by atoms with van der Waals surface area (Å²) in [7, 11) is 0. The number of carbonyl (C=O) groups excluding carboxylic acids is 1. The van der Waals surface area contributed by atoms with Gasteiger partial charge in [0.1, 0.15) is 17.6 Å². The standard InChI is InChI=1S/C13H18.C12H14O2.C9H14O3.2CH4/c1-13(2,3)12-8-7-10-5-4-6-11(10)9-12;1-12(2,3)10-8-6-4-5-7-9(8)11(13)14-10;1-6-7(5-9(2,3)4)12-8(10)11-6;;/h7-9H,4-6H2,1-3H3;4-7,10H,1-3H3;5H2,1-4H3;2*1H4. The second kappa shape index (κ2) is 13.7. The van der Waals surface area contributed by atoms with Crippen LogP contribution in [0.5, 0.6) is 0 Å². The molecule has 1 aromatic heterocycles. The van der Waals surface area contributed by atoms with Crippen molar-refractivity contribution >= 4 is 5.97 Å². The van der Waals surface area contributed by atoms with Crippen LogP contribution in [0.15, 0.2) is 56.1 Å². The van der Waals surface area contributed by atoms with Crippen molar-refractivity contribution in [3.8, 4) is 0 Å². The summed E-state index contributed by atoms with van der Waals surface area (Å²) in [6, 6.07) is 14.6. The van der Waals surface area contributed by atoms with Crippen LogP contribution >= 0.6 is 0 Å². The van der Waals surface area contributed by atoms with Gasteiger partial charge in [0.25, 0.3) is 0 Å². The van der Waals surface area contributed by atoms with E-state index in [4.69, 9.17) is 13.6 Å². The number of ether oxygens (including phenoxy) is 1. The Hall–Kier alpha value is -3.08. The van der Waals surface area contributed by atoms with Gasteiger partial charge in [0.05, 0.1) is 5.56 Å². The maximum Gasteiger partial charge on any atom is 0.519 e. The van der Waals surface area contributed by atoms with Gasteiger partial charge in [-0.15, -0.1) is 0 Å². The van der Waals surface area contributed by atoms with Crippen LogP contribution in [-0.2, 0) is 29.4 Å². The molecule has 41 heavy (non-hydrogen) atoms. The molecule has 0 spiro atoms. The first kappa shape index (κ1) is 35.9. The largest absolute Gasteiger partial charge is 0.519 e. The van der Waals surface area contributed by atoms with Crippen molar-refractivity contribution in [2.45, 2.75) is 121 Å². The normalized spacial score (nSPS) is 15.6. The Kier molecular flexibility index (Phi) is 12.0. The molecule has 2 heterocycles. The number of hydrogen-bond acceptors (Lipinski definition) is 5. The molecule has 2 aromatic carbocycles. The van der Waals surface area contributed by atoms with Crippen LogP contribution in [0, 0.1) is 17.8 Å². The summed E-state index contributed by atoms with van der Waals surface area (Å²) in [5.41, 5.74) is 6.76. The molecular weight excluding hydrogens is 512 g/mol. The summed E-state index contributed by atoms with van der Waals surface area (Å²) in [6.45, 7) is 21.1. The molecule has 0 fully saturated rings. The van der Waals surface area contributed by atoms with E-state index in [1.54, 1.807) is 18.1 Å². The van der Waals surface area contributed by atoms with Crippen LogP contribution in [-0.4, -0.2) is 5.97 Å². The number of rotatable bonds is 1. The molecule has 3 aromatic rings. The highest BCUT2D eigenvalue weighted by atomic mass is 16.6. The minimum atomic E-state index is -0.605. The van der Waals surface area contributed by atoms with E-state index in [2.05, 4.69) is 80.5 Å². The topological polar surface area (TPSA) is 69.7 Å². The van der Waals surface area contributed by atoms with Crippen molar-refractivity contribution in [1.29, 1.82) is 0 Å². The fourth-order valence-corrected chi connectivity index (χ4v) is 4.84. The van der Waals surface area contributed by atoms with Gasteiger partial charge in [-0.3, -0.25) is 0 Å². The van der Waals surface area contributed by atoms with E-state index in [9.17, 15) is 9.59 Å². The zero-order chi connectivity index (χ0) is 29.2. The molecule has 1 atom stereocenters. The van der Waals surface area contributed by atoms with E-state index in [1.165, 1.54) is 24.8 Å². The van der Waals surface area contributed by atoms with Gasteiger partial charge < -0.3 is 13.6 Å². The molecule has 2 aliphatic rings. The van der Waals surface area contributed by atoms with Crippen molar-refractivity contribution in [2.24, 2.45) is 10.8 Å². The lowest BCUT2D eigenvalue weighted by molar-refractivity contribution is 0.00778. The van der Waals surface area contributed by atoms with Crippen molar-refractivity contribution in [1.82, 2.24) is 0 Å². The summed E-state index contributed by atoms with van der Waals surface area (Å²) < 4.78 is 15.0. The van der Waals surface area contributed by atoms with E-state index in [0.717, 1.165) is 12.0 Å². The molecule has 0 N–H and O–H groups in total.